The molecule has 21 heavy (non-hydrogen) atoms. The molecular weight excluding hydrogens is 258 g/mol. The van der Waals surface area contributed by atoms with E-state index in [2.05, 4.69) is 58.2 Å². The van der Waals surface area contributed by atoms with E-state index in [-0.39, 0.29) is 0 Å². The van der Waals surface area contributed by atoms with Crippen LogP contribution in [0.4, 0.5) is 5.82 Å². The third-order valence-corrected chi connectivity index (χ3v) is 4.55. The van der Waals surface area contributed by atoms with Gasteiger partial charge in [0.2, 0.25) is 0 Å². The van der Waals surface area contributed by atoms with Crippen molar-refractivity contribution in [3.63, 3.8) is 0 Å². The van der Waals surface area contributed by atoms with E-state index in [0.717, 1.165) is 19.6 Å². The summed E-state index contributed by atoms with van der Waals surface area (Å²) in [4.78, 5) is 3.40. The van der Waals surface area contributed by atoms with Crippen LogP contribution in [0.5, 0.6) is 0 Å². The number of hydrogen-bond donors (Lipinski definition) is 3. The van der Waals surface area contributed by atoms with Crippen molar-refractivity contribution in [2.75, 3.05) is 25.0 Å². The van der Waals surface area contributed by atoms with Crippen LogP contribution in [-0.4, -0.2) is 24.6 Å². The number of aromatic amines is 1. The Balaban J connectivity index is 1.68. The molecule has 0 saturated heterocycles. The van der Waals surface area contributed by atoms with Crippen LogP contribution in [-0.2, 0) is 6.42 Å². The van der Waals surface area contributed by atoms with E-state index in [0.29, 0.717) is 5.92 Å². The summed E-state index contributed by atoms with van der Waals surface area (Å²) in [6, 6.07) is 10.8. The molecule has 0 unspecified atom stereocenters. The summed E-state index contributed by atoms with van der Waals surface area (Å²) in [5.41, 5.74) is 5.68. The summed E-state index contributed by atoms with van der Waals surface area (Å²) < 4.78 is 0. The molecule has 2 aliphatic rings. The lowest BCUT2D eigenvalue weighted by Crippen LogP contribution is -2.27. The van der Waals surface area contributed by atoms with Gasteiger partial charge in [0.1, 0.15) is 5.82 Å². The second-order valence-corrected chi connectivity index (χ2v) is 5.93. The molecule has 2 aliphatic heterocycles. The zero-order chi connectivity index (χ0) is 14.1. The Bertz CT molecular complexity index is 654. The molecule has 0 amide bonds. The second-order valence-electron chi connectivity index (χ2n) is 5.93. The van der Waals surface area contributed by atoms with Crippen molar-refractivity contribution in [3.05, 3.63) is 59.3 Å². The number of anilines is 1. The molecule has 1 aromatic heterocycles. The Hall–Kier alpha value is -2.00. The van der Waals surface area contributed by atoms with Crippen molar-refractivity contribution in [2.24, 2.45) is 0 Å². The van der Waals surface area contributed by atoms with Gasteiger partial charge in [0.15, 0.2) is 0 Å². The summed E-state index contributed by atoms with van der Waals surface area (Å²) in [7, 11) is 0. The maximum Gasteiger partial charge on any atom is 0.107 e. The van der Waals surface area contributed by atoms with E-state index < -0.39 is 0 Å². The van der Waals surface area contributed by atoms with Gasteiger partial charge in [-0.1, -0.05) is 36.4 Å². The number of rotatable bonds is 2. The fourth-order valence-electron chi connectivity index (χ4n) is 3.46. The molecule has 0 radical (unpaired) electrons. The molecule has 3 heteroatoms. The molecule has 0 bridgehead atoms. The quantitative estimate of drug-likeness (QED) is 0.790. The van der Waals surface area contributed by atoms with Gasteiger partial charge in [0, 0.05) is 42.9 Å². The lowest BCUT2D eigenvalue weighted by Gasteiger charge is -2.24. The number of hydrogen-bond acceptors (Lipinski definition) is 2. The molecule has 3 nitrogen and oxygen atoms in total. The second kappa shape index (κ2) is 5.41. The minimum absolute atomic E-state index is 0.469. The molecule has 0 aliphatic carbocycles. The molecular formula is C18H21N3. The van der Waals surface area contributed by atoms with Crippen molar-refractivity contribution in [1.82, 2.24) is 10.3 Å². The van der Waals surface area contributed by atoms with Gasteiger partial charge in [-0.15, -0.1) is 0 Å². The van der Waals surface area contributed by atoms with Crippen LogP contribution in [0.15, 0.2) is 42.6 Å². The first-order chi connectivity index (χ1) is 10.4. The average molecular weight is 279 g/mol. The SMILES string of the molecule is C1=C(c2c[nH]c3c2CCCN3)CNC[C@@H]1c1ccccc1. The van der Waals surface area contributed by atoms with E-state index in [1.165, 1.54) is 40.9 Å². The average Bonchev–Trinajstić information content (AvgIpc) is 3.00. The lowest BCUT2D eigenvalue weighted by atomic mass is 9.89. The van der Waals surface area contributed by atoms with Crippen LogP contribution < -0.4 is 10.6 Å². The largest absolute Gasteiger partial charge is 0.371 e. The zero-order valence-corrected chi connectivity index (χ0v) is 12.2. The fraction of sp³-hybridized carbons (Fsp3) is 0.333. The van der Waals surface area contributed by atoms with Crippen LogP contribution in [0.2, 0.25) is 0 Å². The zero-order valence-electron chi connectivity index (χ0n) is 12.2. The molecule has 0 saturated carbocycles. The molecule has 0 spiro atoms. The van der Waals surface area contributed by atoms with Crippen LogP contribution in [0, 0.1) is 0 Å². The van der Waals surface area contributed by atoms with Gasteiger partial charge >= 0.3 is 0 Å². The summed E-state index contributed by atoms with van der Waals surface area (Å²) in [6.07, 6.45) is 7.02. The van der Waals surface area contributed by atoms with Crippen molar-refractivity contribution >= 4 is 11.4 Å². The monoisotopic (exact) mass is 279 g/mol. The normalized spacial score (nSPS) is 21.3. The minimum Gasteiger partial charge on any atom is -0.371 e. The van der Waals surface area contributed by atoms with E-state index in [1.807, 2.05) is 0 Å². The number of fused-ring (bicyclic) bond motifs is 1. The van der Waals surface area contributed by atoms with E-state index in [1.54, 1.807) is 0 Å². The molecule has 4 rings (SSSR count). The standard InChI is InChI=1S/C18H21N3/c1-2-5-13(6-3-1)14-9-15(11-19-10-14)17-12-21-18-16(17)7-4-8-20-18/h1-3,5-6,9,12,14,19-21H,4,7-8,10-11H2/t14-/m1/s1. The van der Waals surface area contributed by atoms with Gasteiger partial charge in [-0.25, -0.2) is 0 Å². The fourth-order valence-corrected chi connectivity index (χ4v) is 3.46. The summed E-state index contributed by atoms with van der Waals surface area (Å²) >= 11 is 0. The van der Waals surface area contributed by atoms with Gasteiger partial charge < -0.3 is 15.6 Å². The van der Waals surface area contributed by atoms with E-state index in [4.69, 9.17) is 0 Å². The van der Waals surface area contributed by atoms with Crippen LogP contribution in [0.25, 0.3) is 5.57 Å². The Kier molecular flexibility index (Phi) is 3.28. The number of nitrogens with one attached hydrogen (secondary N) is 3. The van der Waals surface area contributed by atoms with Crippen molar-refractivity contribution in [2.45, 2.75) is 18.8 Å². The Morgan fingerprint density at radius 1 is 1.10 bits per heavy atom. The topological polar surface area (TPSA) is 39.9 Å². The highest BCUT2D eigenvalue weighted by Crippen LogP contribution is 2.32. The summed E-state index contributed by atoms with van der Waals surface area (Å²) in [5.74, 6) is 1.69. The molecule has 0 fully saturated rings. The molecule has 1 aromatic carbocycles. The Morgan fingerprint density at radius 3 is 2.90 bits per heavy atom. The van der Waals surface area contributed by atoms with Gasteiger partial charge in [0.05, 0.1) is 0 Å². The third kappa shape index (κ3) is 2.38. The highest BCUT2D eigenvalue weighted by Gasteiger charge is 2.21. The predicted molar refractivity (Wildman–Crippen MR) is 87.6 cm³/mol. The smallest absolute Gasteiger partial charge is 0.107 e. The van der Waals surface area contributed by atoms with Crippen molar-refractivity contribution in [1.29, 1.82) is 0 Å². The van der Waals surface area contributed by atoms with Crippen molar-refractivity contribution < 1.29 is 0 Å². The Labute approximate surface area is 125 Å². The summed E-state index contributed by atoms with van der Waals surface area (Å²) in [6.45, 7) is 3.07. The summed E-state index contributed by atoms with van der Waals surface area (Å²) in [5, 5.41) is 7.04. The predicted octanol–water partition coefficient (Wildman–Crippen LogP) is 3.14. The first kappa shape index (κ1) is 12.7. The highest BCUT2D eigenvalue weighted by molar-refractivity contribution is 5.75. The van der Waals surface area contributed by atoms with Gasteiger partial charge in [-0.05, 0) is 24.0 Å². The van der Waals surface area contributed by atoms with Crippen LogP contribution >= 0.6 is 0 Å². The Morgan fingerprint density at radius 2 is 2.00 bits per heavy atom. The molecule has 2 aromatic rings. The number of H-pyrrole nitrogens is 1. The van der Waals surface area contributed by atoms with E-state index in [9.17, 15) is 0 Å². The minimum atomic E-state index is 0.469. The van der Waals surface area contributed by atoms with Gasteiger partial charge in [0.25, 0.3) is 0 Å². The molecule has 3 N–H and O–H groups in total. The number of aromatic nitrogens is 1. The van der Waals surface area contributed by atoms with Crippen LogP contribution in [0.1, 0.15) is 29.0 Å². The molecule has 108 valence electrons. The maximum absolute atomic E-state index is 3.58. The lowest BCUT2D eigenvalue weighted by molar-refractivity contribution is 0.671. The molecule has 1 atom stereocenters. The van der Waals surface area contributed by atoms with Gasteiger partial charge in [-0.2, -0.15) is 0 Å². The first-order valence-electron chi connectivity index (χ1n) is 7.82. The maximum atomic E-state index is 3.58. The molecule has 3 heterocycles. The number of benzene rings is 1. The van der Waals surface area contributed by atoms with E-state index >= 15 is 0 Å². The van der Waals surface area contributed by atoms with Crippen LogP contribution in [0.3, 0.4) is 0 Å². The first-order valence-corrected chi connectivity index (χ1v) is 7.82. The van der Waals surface area contributed by atoms with Gasteiger partial charge in [-0.3, -0.25) is 0 Å². The van der Waals surface area contributed by atoms with Crippen molar-refractivity contribution in [3.8, 4) is 0 Å². The third-order valence-electron chi connectivity index (χ3n) is 4.55. The highest BCUT2D eigenvalue weighted by atomic mass is 15.0.